The van der Waals surface area contributed by atoms with E-state index in [0.717, 1.165) is 0 Å². The van der Waals surface area contributed by atoms with E-state index in [2.05, 4.69) is 31.3 Å². The summed E-state index contributed by atoms with van der Waals surface area (Å²) in [6.07, 6.45) is 2.38. The first-order valence-corrected chi connectivity index (χ1v) is 3.82. The van der Waals surface area contributed by atoms with Crippen LogP contribution < -0.4 is 5.43 Å². The third kappa shape index (κ3) is 2.03. The molecule has 11 heavy (non-hydrogen) atoms. The summed E-state index contributed by atoms with van der Waals surface area (Å²) in [6, 6.07) is 0. The molecule has 0 spiro atoms. The summed E-state index contributed by atoms with van der Waals surface area (Å²) >= 11 is 0. The number of hydrogen-bond acceptors (Lipinski definition) is 2. The van der Waals surface area contributed by atoms with Gasteiger partial charge < -0.3 is 0 Å². The lowest BCUT2D eigenvalue weighted by Gasteiger charge is -2.28. The topological polar surface area (TPSA) is 41.5 Å². The van der Waals surface area contributed by atoms with Crippen molar-refractivity contribution in [1.29, 1.82) is 0 Å². The summed E-state index contributed by atoms with van der Waals surface area (Å²) in [6.45, 7) is 6.34. The molecule has 0 saturated heterocycles. The average molecular weight is 154 g/mol. The number of carbonyl (C=O) groups excluding carboxylic acids is 1. The Kier molecular flexibility index (Phi) is 1.98. The van der Waals surface area contributed by atoms with Gasteiger partial charge in [0.25, 0.3) is 0 Å². The standard InChI is InChI=1S/C8H14N2O/c1-8(2,3)6-4-7(11)10-9-5-6/h5-6H,4H2,1-3H3,(H,10,11). The molecule has 3 nitrogen and oxygen atoms in total. The third-order valence-electron chi connectivity index (χ3n) is 1.96. The molecule has 62 valence electrons. The van der Waals surface area contributed by atoms with Crippen molar-refractivity contribution in [1.82, 2.24) is 5.43 Å². The summed E-state index contributed by atoms with van der Waals surface area (Å²) in [5.74, 6) is 0.295. The minimum atomic E-state index is 0.0208. The largest absolute Gasteiger partial charge is 0.273 e. The zero-order valence-electron chi connectivity index (χ0n) is 7.22. The lowest BCUT2D eigenvalue weighted by Crippen LogP contribution is -2.33. The van der Waals surface area contributed by atoms with Crippen LogP contribution in [0.4, 0.5) is 0 Å². The number of amides is 1. The van der Waals surface area contributed by atoms with E-state index in [-0.39, 0.29) is 17.2 Å². The van der Waals surface area contributed by atoms with Crippen molar-refractivity contribution in [2.75, 3.05) is 0 Å². The predicted octanol–water partition coefficient (Wildman–Crippen LogP) is 1.15. The Hall–Kier alpha value is -0.860. The van der Waals surface area contributed by atoms with Crippen molar-refractivity contribution in [3.63, 3.8) is 0 Å². The summed E-state index contributed by atoms with van der Waals surface area (Å²) in [5.41, 5.74) is 2.55. The van der Waals surface area contributed by atoms with E-state index in [1.165, 1.54) is 0 Å². The van der Waals surface area contributed by atoms with Crippen molar-refractivity contribution in [3.8, 4) is 0 Å². The second-order valence-corrected chi connectivity index (χ2v) is 3.99. The molecule has 3 heteroatoms. The van der Waals surface area contributed by atoms with Crippen molar-refractivity contribution in [2.24, 2.45) is 16.4 Å². The molecule has 1 aliphatic rings. The highest BCUT2D eigenvalue weighted by molar-refractivity contribution is 5.83. The van der Waals surface area contributed by atoms with Crippen LogP contribution in [0.2, 0.25) is 0 Å². The maximum Gasteiger partial charge on any atom is 0.240 e. The van der Waals surface area contributed by atoms with E-state index in [0.29, 0.717) is 6.42 Å². The van der Waals surface area contributed by atoms with E-state index >= 15 is 0 Å². The van der Waals surface area contributed by atoms with Crippen LogP contribution in [0.3, 0.4) is 0 Å². The Bertz CT molecular complexity index is 191. The van der Waals surface area contributed by atoms with E-state index in [4.69, 9.17) is 0 Å². The molecule has 0 saturated carbocycles. The SMILES string of the molecule is CC(C)(C)C1C=NNC(=O)C1. The Morgan fingerprint density at radius 2 is 2.27 bits per heavy atom. The first kappa shape index (κ1) is 8.24. The Labute approximate surface area is 66.9 Å². The molecule has 1 heterocycles. The van der Waals surface area contributed by atoms with Gasteiger partial charge in [-0.3, -0.25) is 4.79 Å². The monoisotopic (exact) mass is 154 g/mol. The van der Waals surface area contributed by atoms with Crippen LogP contribution in [0.5, 0.6) is 0 Å². The number of carbonyl (C=O) groups is 1. The zero-order valence-corrected chi connectivity index (χ0v) is 7.22. The van der Waals surface area contributed by atoms with Crippen LogP contribution >= 0.6 is 0 Å². The highest BCUT2D eigenvalue weighted by atomic mass is 16.2. The van der Waals surface area contributed by atoms with Crippen LogP contribution in [0.1, 0.15) is 27.2 Å². The van der Waals surface area contributed by atoms with Gasteiger partial charge in [-0.05, 0) is 5.41 Å². The molecule has 1 N–H and O–H groups in total. The molecular weight excluding hydrogens is 140 g/mol. The van der Waals surface area contributed by atoms with Gasteiger partial charge in [0, 0.05) is 18.6 Å². The van der Waals surface area contributed by atoms with Gasteiger partial charge in [0.2, 0.25) is 5.91 Å². The molecule has 1 unspecified atom stereocenters. The fraction of sp³-hybridized carbons (Fsp3) is 0.750. The number of rotatable bonds is 0. The number of nitrogens with one attached hydrogen (secondary N) is 1. The maximum absolute atomic E-state index is 10.9. The first-order chi connectivity index (χ1) is 5.00. The number of hydrazone groups is 1. The van der Waals surface area contributed by atoms with Crippen LogP contribution in [0.25, 0.3) is 0 Å². The molecule has 1 rings (SSSR count). The van der Waals surface area contributed by atoms with Gasteiger partial charge in [-0.15, -0.1) is 0 Å². The van der Waals surface area contributed by atoms with E-state index < -0.39 is 0 Å². The summed E-state index contributed by atoms with van der Waals surface area (Å²) in [5, 5.41) is 3.78. The molecule has 0 aromatic carbocycles. The normalized spacial score (nSPS) is 25.0. The van der Waals surface area contributed by atoms with Gasteiger partial charge >= 0.3 is 0 Å². The van der Waals surface area contributed by atoms with Gasteiger partial charge in [-0.2, -0.15) is 5.10 Å². The summed E-state index contributed by atoms with van der Waals surface area (Å²) < 4.78 is 0. The van der Waals surface area contributed by atoms with Crippen LogP contribution in [-0.2, 0) is 4.79 Å². The quantitative estimate of drug-likeness (QED) is 0.558. The molecule has 1 aliphatic heterocycles. The summed E-state index contributed by atoms with van der Waals surface area (Å²) in [7, 11) is 0. The first-order valence-electron chi connectivity index (χ1n) is 3.82. The molecule has 1 amide bonds. The Morgan fingerprint density at radius 1 is 1.64 bits per heavy atom. The molecule has 0 fully saturated rings. The minimum absolute atomic E-state index is 0.0208. The van der Waals surface area contributed by atoms with E-state index in [1.807, 2.05) is 6.21 Å². The second-order valence-electron chi connectivity index (χ2n) is 3.99. The fourth-order valence-electron chi connectivity index (χ4n) is 1.03. The Balaban J connectivity index is 2.68. The number of hydrogen-bond donors (Lipinski definition) is 1. The van der Waals surface area contributed by atoms with Crippen molar-refractivity contribution < 1.29 is 4.79 Å². The molecule has 0 aromatic rings. The molecule has 0 aromatic heterocycles. The van der Waals surface area contributed by atoms with Crippen molar-refractivity contribution >= 4 is 12.1 Å². The van der Waals surface area contributed by atoms with Crippen LogP contribution in [-0.4, -0.2) is 12.1 Å². The van der Waals surface area contributed by atoms with Gasteiger partial charge in [0.15, 0.2) is 0 Å². The average Bonchev–Trinajstić information content (AvgIpc) is 1.86. The lowest BCUT2D eigenvalue weighted by atomic mass is 9.79. The van der Waals surface area contributed by atoms with Crippen molar-refractivity contribution in [3.05, 3.63) is 0 Å². The number of nitrogens with zero attached hydrogens (tertiary/aromatic N) is 1. The van der Waals surface area contributed by atoms with Gasteiger partial charge in [0.1, 0.15) is 0 Å². The smallest absolute Gasteiger partial charge is 0.240 e. The lowest BCUT2D eigenvalue weighted by molar-refractivity contribution is -0.122. The molecule has 0 radical (unpaired) electrons. The minimum Gasteiger partial charge on any atom is -0.273 e. The third-order valence-corrected chi connectivity index (χ3v) is 1.96. The zero-order chi connectivity index (χ0) is 8.48. The predicted molar refractivity (Wildman–Crippen MR) is 44.2 cm³/mol. The highest BCUT2D eigenvalue weighted by Gasteiger charge is 2.27. The van der Waals surface area contributed by atoms with Crippen molar-refractivity contribution in [2.45, 2.75) is 27.2 Å². The Morgan fingerprint density at radius 3 is 2.64 bits per heavy atom. The van der Waals surface area contributed by atoms with Gasteiger partial charge in [0.05, 0.1) is 0 Å². The molecule has 0 aliphatic carbocycles. The highest BCUT2D eigenvalue weighted by Crippen LogP contribution is 2.27. The van der Waals surface area contributed by atoms with Gasteiger partial charge in [-0.1, -0.05) is 20.8 Å². The molecule has 0 bridgehead atoms. The fourth-order valence-corrected chi connectivity index (χ4v) is 1.03. The molecule has 1 atom stereocenters. The van der Waals surface area contributed by atoms with Gasteiger partial charge in [-0.25, -0.2) is 5.43 Å². The molecular formula is C8H14N2O. The van der Waals surface area contributed by atoms with Crippen LogP contribution in [0.15, 0.2) is 5.10 Å². The van der Waals surface area contributed by atoms with E-state index in [1.54, 1.807) is 0 Å². The van der Waals surface area contributed by atoms with Crippen LogP contribution in [0, 0.1) is 11.3 Å². The summed E-state index contributed by atoms with van der Waals surface area (Å²) in [4.78, 5) is 10.9. The van der Waals surface area contributed by atoms with E-state index in [9.17, 15) is 4.79 Å². The maximum atomic E-state index is 10.9. The second kappa shape index (κ2) is 2.64.